The van der Waals surface area contributed by atoms with Crippen LogP contribution in [0.15, 0.2) is 18.2 Å². The number of nitrogens with one attached hydrogen (secondary N) is 1. The highest BCUT2D eigenvalue weighted by Crippen LogP contribution is 2.25. The van der Waals surface area contributed by atoms with Crippen LogP contribution in [0.5, 0.6) is 0 Å². The number of H-pyrrole nitrogens is 1. The molecule has 0 saturated carbocycles. The molecule has 0 unspecified atom stereocenters. The fourth-order valence-corrected chi connectivity index (χ4v) is 2.32. The number of rotatable bonds is 2. The summed E-state index contributed by atoms with van der Waals surface area (Å²) in [5.41, 5.74) is 5.90. The van der Waals surface area contributed by atoms with Gasteiger partial charge in [-0.15, -0.1) is 0 Å². The second kappa shape index (κ2) is 5.02. The van der Waals surface area contributed by atoms with E-state index in [0.717, 1.165) is 23.5 Å². The van der Waals surface area contributed by atoms with Crippen LogP contribution in [0.4, 0.5) is 0 Å². The van der Waals surface area contributed by atoms with Crippen molar-refractivity contribution in [3.05, 3.63) is 45.4 Å². The minimum Gasteiger partial charge on any atom is -0.343 e. The highest BCUT2D eigenvalue weighted by Gasteiger charge is 2.09. The molecule has 0 fully saturated rings. The summed E-state index contributed by atoms with van der Waals surface area (Å²) in [5.74, 6) is 0.945. The summed E-state index contributed by atoms with van der Waals surface area (Å²) in [6.07, 6.45) is 0.863. The van der Waals surface area contributed by atoms with Gasteiger partial charge in [0.2, 0.25) is 0 Å². The third kappa shape index (κ3) is 2.36. The molecule has 3 heteroatoms. The average molecular weight is 258 g/mol. The maximum Gasteiger partial charge on any atom is 0.133 e. The van der Waals surface area contributed by atoms with Crippen LogP contribution in [-0.4, -0.2) is 9.97 Å². The van der Waals surface area contributed by atoms with Crippen molar-refractivity contribution in [3.8, 4) is 11.3 Å². The van der Waals surface area contributed by atoms with Gasteiger partial charge >= 0.3 is 0 Å². The third-order valence-electron chi connectivity index (χ3n) is 3.19. The molecule has 1 heterocycles. The number of hydrogen-bond acceptors (Lipinski definition) is 2. The Kier molecular flexibility index (Phi) is 3.62. The third-order valence-corrected chi connectivity index (χ3v) is 3.59. The number of aryl methyl sites for hydroxylation is 3. The van der Waals surface area contributed by atoms with Gasteiger partial charge in [-0.3, -0.25) is 0 Å². The van der Waals surface area contributed by atoms with E-state index in [0.29, 0.717) is 4.64 Å². The number of aromatic nitrogens is 2. The van der Waals surface area contributed by atoms with Gasteiger partial charge in [0.25, 0.3) is 0 Å². The molecule has 1 N–H and O–H groups in total. The lowest BCUT2D eigenvalue weighted by Gasteiger charge is -2.12. The van der Waals surface area contributed by atoms with Crippen LogP contribution in [0.2, 0.25) is 0 Å². The van der Waals surface area contributed by atoms with Crippen LogP contribution in [0.1, 0.15) is 29.4 Å². The van der Waals surface area contributed by atoms with E-state index in [9.17, 15) is 0 Å². The molecule has 2 rings (SSSR count). The standard InChI is InChI=1S/C15H18N2S/c1-5-13-16-14(11(4)15(18)17-13)12-7-6-9(2)8-10(12)3/h6-8H,5H2,1-4H3,(H,16,17,18). The lowest BCUT2D eigenvalue weighted by molar-refractivity contribution is 0.925. The van der Waals surface area contributed by atoms with E-state index in [4.69, 9.17) is 12.2 Å². The van der Waals surface area contributed by atoms with Crippen LogP contribution in [0, 0.1) is 25.4 Å². The van der Waals surface area contributed by atoms with Crippen molar-refractivity contribution in [2.75, 3.05) is 0 Å². The smallest absolute Gasteiger partial charge is 0.133 e. The molecule has 0 bridgehead atoms. The van der Waals surface area contributed by atoms with Crippen molar-refractivity contribution in [2.24, 2.45) is 0 Å². The fourth-order valence-electron chi connectivity index (χ4n) is 2.11. The highest BCUT2D eigenvalue weighted by atomic mass is 32.1. The second-order valence-electron chi connectivity index (χ2n) is 4.66. The number of aromatic amines is 1. The van der Waals surface area contributed by atoms with Crippen LogP contribution >= 0.6 is 12.2 Å². The van der Waals surface area contributed by atoms with Crippen LogP contribution < -0.4 is 0 Å². The predicted octanol–water partition coefficient (Wildman–Crippen LogP) is 4.29. The second-order valence-corrected chi connectivity index (χ2v) is 5.05. The van der Waals surface area contributed by atoms with Crippen molar-refractivity contribution in [1.82, 2.24) is 9.97 Å². The van der Waals surface area contributed by atoms with E-state index in [2.05, 4.69) is 48.9 Å². The monoisotopic (exact) mass is 258 g/mol. The highest BCUT2D eigenvalue weighted by molar-refractivity contribution is 7.71. The Hall–Kier alpha value is -1.48. The van der Waals surface area contributed by atoms with Crippen LogP contribution in [-0.2, 0) is 6.42 Å². The minimum atomic E-state index is 0.695. The first-order chi connectivity index (χ1) is 8.52. The van der Waals surface area contributed by atoms with E-state index in [-0.39, 0.29) is 0 Å². The molecule has 18 heavy (non-hydrogen) atoms. The molecule has 0 radical (unpaired) electrons. The largest absolute Gasteiger partial charge is 0.343 e. The molecule has 94 valence electrons. The summed E-state index contributed by atoms with van der Waals surface area (Å²) in [7, 11) is 0. The predicted molar refractivity (Wildman–Crippen MR) is 78.4 cm³/mol. The summed E-state index contributed by atoms with van der Waals surface area (Å²) >= 11 is 5.33. The first-order valence-corrected chi connectivity index (χ1v) is 6.61. The van der Waals surface area contributed by atoms with Crippen LogP contribution in [0.25, 0.3) is 11.3 Å². The Morgan fingerprint density at radius 3 is 2.56 bits per heavy atom. The van der Waals surface area contributed by atoms with Crippen molar-refractivity contribution in [1.29, 1.82) is 0 Å². The van der Waals surface area contributed by atoms with Gasteiger partial charge in [0.05, 0.1) is 5.69 Å². The Morgan fingerprint density at radius 2 is 1.94 bits per heavy atom. The Bertz CT molecular complexity index is 641. The van der Waals surface area contributed by atoms with Crippen molar-refractivity contribution in [3.63, 3.8) is 0 Å². The minimum absolute atomic E-state index is 0.695. The summed E-state index contributed by atoms with van der Waals surface area (Å²) in [4.78, 5) is 7.79. The van der Waals surface area contributed by atoms with E-state index in [1.165, 1.54) is 16.7 Å². The van der Waals surface area contributed by atoms with E-state index < -0.39 is 0 Å². The molecule has 1 aromatic heterocycles. The van der Waals surface area contributed by atoms with E-state index in [1.54, 1.807) is 0 Å². The summed E-state index contributed by atoms with van der Waals surface area (Å²) < 4.78 is 0.695. The number of benzene rings is 1. The molecular formula is C15H18N2S. The molecule has 0 spiro atoms. The zero-order valence-electron chi connectivity index (χ0n) is 11.3. The van der Waals surface area contributed by atoms with Crippen molar-refractivity contribution >= 4 is 12.2 Å². The van der Waals surface area contributed by atoms with Gasteiger partial charge in [0.15, 0.2) is 0 Å². The average Bonchev–Trinajstić information content (AvgIpc) is 2.33. The topological polar surface area (TPSA) is 28.7 Å². The van der Waals surface area contributed by atoms with Gasteiger partial charge in [0, 0.05) is 17.5 Å². The Morgan fingerprint density at radius 1 is 1.22 bits per heavy atom. The zero-order valence-corrected chi connectivity index (χ0v) is 12.1. The first kappa shape index (κ1) is 13.0. The molecule has 2 aromatic rings. The molecular weight excluding hydrogens is 240 g/mol. The van der Waals surface area contributed by atoms with Gasteiger partial charge < -0.3 is 4.98 Å². The molecule has 0 aliphatic heterocycles. The molecule has 0 saturated heterocycles. The van der Waals surface area contributed by atoms with Gasteiger partial charge in [-0.2, -0.15) is 0 Å². The van der Waals surface area contributed by atoms with E-state index in [1.807, 2.05) is 6.92 Å². The maximum atomic E-state index is 5.33. The van der Waals surface area contributed by atoms with Gasteiger partial charge in [-0.1, -0.05) is 42.9 Å². The summed E-state index contributed by atoms with van der Waals surface area (Å²) in [6.45, 7) is 8.34. The van der Waals surface area contributed by atoms with Gasteiger partial charge in [-0.25, -0.2) is 4.98 Å². The summed E-state index contributed by atoms with van der Waals surface area (Å²) in [5, 5.41) is 0. The quantitative estimate of drug-likeness (QED) is 0.814. The summed E-state index contributed by atoms with van der Waals surface area (Å²) in [6, 6.07) is 6.47. The maximum absolute atomic E-state index is 5.33. The number of nitrogens with zero attached hydrogens (tertiary/aromatic N) is 1. The first-order valence-electron chi connectivity index (χ1n) is 6.20. The van der Waals surface area contributed by atoms with Crippen molar-refractivity contribution < 1.29 is 0 Å². The fraction of sp³-hybridized carbons (Fsp3) is 0.333. The van der Waals surface area contributed by atoms with Gasteiger partial charge in [0.1, 0.15) is 10.5 Å². The SMILES string of the molecule is CCc1nc(=S)c(C)c(-c2ccc(C)cc2C)[nH]1. The molecule has 0 aliphatic rings. The molecule has 0 atom stereocenters. The molecule has 2 nitrogen and oxygen atoms in total. The van der Waals surface area contributed by atoms with Gasteiger partial charge in [-0.05, 0) is 26.3 Å². The normalized spacial score (nSPS) is 10.7. The molecule has 1 aromatic carbocycles. The molecule has 0 amide bonds. The Labute approximate surface area is 113 Å². The zero-order chi connectivity index (χ0) is 13.3. The molecule has 0 aliphatic carbocycles. The van der Waals surface area contributed by atoms with Crippen LogP contribution in [0.3, 0.4) is 0 Å². The lowest BCUT2D eigenvalue weighted by atomic mass is 10.0. The Balaban J connectivity index is 2.70. The number of hydrogen-bond donors (Lipinski definition) is 1. The lowest BCUT2D eigenvalue weighted by Crippen LogP contribution is -2.00. The van der Waals surface area contributed by atoms with Crippen molar-refractivity contribution in [2.45, 2.75) is 34.1 Å². The van der Waals surface area contributed by atoms with E-state index >= 15 is 0 Å².